The monoisotopic (exact) mass is 424 g/mol. The molecule has 2 fully saturated rings. The minimum Gasteiger partial charge on any atom is -0.360 e. The zero-order valence-electron chi connectivity index (χ0n) is 18.0. The van der Waals surface area contributed by atoms with Crippen molar-refractivity contribution < 1.29 is 14.1 Å². The van der Waals surface area contributed by atoms with Crippen LogP contribution >= 0.6 is 0 Å². The van der Waals surface area contributed by atoms with Crippen molar-refractivity contribution in [2.75, 3.05) is 0 Å². The van der Waals surface area contributed by atoms with Gasteiger partial charge in [-0.1, -0.05) is 35.5 Å². The molecule has 1 aromatic carbocycles. The molecule has 0 bridgehead atoms. The molecule has 0 unspecified atom stereocenters. The van der Waals surface area contributed by atoms with Crippen molar-refractivity contribution in [1.29, 1.82) is 0 Å². The molecule has 1 heterocycles. The molecule has 2 amide bonds. The van der Waals surface area contributed by atoms with Gasteiger partial charge in [-0.25, -0.2) is 0 Å². The Hall–Kier alpha value is -2.67. The molecule has 2 saturated carbocycles. The normalized spacial score (nSPS) is 24.4. The number of amides is 2. The van der Waals surface area contributed by atoms with Gasteiger partial charge in [0, 0.05) is 36.5 Å². The van der Waals surface area contributed by atoms with Gasteiger partial charge in [0.05, 0.1) is 0 Å². The van der Waals surface area contributed by atoms with Gasteiger partial charge in [0.1, 0.15) is 5.76 Å². The molecule has 0 saturated heterocycles. The standard InChI is InChI=1S/C24H32N4O3/c1-15(25)11-23(29)26-19-9-10-20(18(13-19)12-16-5-3-2-4-6-16)27-24(30)21-14-22(31-28-21)17-7-8-17/h2-6,14-15,17-20H,7-13,25H2,1H3,(H,26,29)(H,27,30)/t15-,18+,19-,20-/m0/s1. The second-order valence-electron chi connectivity index (χ2n) is 9.18. The van der Waals surface area contributed by atoms with E-state index in [1.807, 2.05) is 25.1 Å². The topological polar surface area (TPSA) is 110 Å². The van der Waals surface area contributed by atoms with E-state index in [-0.39, 0.29) is 35.9 Å². The third kappa shape index (κ3) is 5.94. The molecule has 0 spiro atoms. The van der Waals surface area contributed by atoms with E-state index in [1.165, 1.54) is 5.56 Å². The Kier molecular flexibility index (Phi) is 6.70. The maximum atomic E-state index is 12.8. The molecule has 7 heteroatoms. The maximum absolute atomic E-state index is 12.8. The van der Waals surface area contributed by atoms with Crippen LogP contribution in [0.15, 0.2) is 40.9 Å². The molecule has 7 nitrogen and oxygen atoms in total. The Morgan fingerprint density at radius 2 is 1.94 bits per heavy atom. The van der Waals surface area contributed by atoms with E-state index >= 15 is 0 Å². The van der Waals surface area contributed by atoms with Crippen LogP contribution in [0.5, 0.6) is 0 Å². The molecule has 31 heavy (non-hydrogen) atoms. The first-order chi connectivity index (χ1) is 15.0. The van der Waals surface area contributed by atoms with Crippen LogP contribution in [0.2, 0.25) is 0 Å². The summed E-state index contributed by atoms with van der Waals surface area (Å²) < 4.78 is 5.35. The molecule has 166 valence electrons. The van der Waals surface area contributed by atoms with E-state index in [9.17, 15) is 9.59 Å². The van der Waals surface area contributed by atoms with Gasteiger partial charge in [-0.3, -0.25) is 9.59 Å². The molecular weight excluding hydrogens is 392 g/mol. The minimum atomic E-state index is -0.182. The summed E-state index contributed by atoms with van der Waals surface area (Å²) in [6.07, 6.45) is 5.83. The Balaban J connectivity index is 1.41. The van der Waals surface area contributed by atoms with Crippen LogP contribution in [0.3, 0.4) is 0 Å². The van der Waals surface area contributed by atoms with Gasteiger partial charge in [0.25, 0.3) is 5.91 Å². The molecule has 4 N–H and O–H groups in total. The van der Waals surface area contributed by atoms with Crippen LogP contribution in [0, 0.1) is 5.92 Å². The largest absolute Gasteiger partial charge is 0.360 e. The molecule has 2 aliphatic rings. The maximum Gasteiger partial charge on any atom is 0.273 e. The van der Waals surface area contributed by atoms with Gasteiger partial charge in [-0.15, -0.1) is 0 Å². The number of aromatic nitrogens is 1. The van der Waals surface area contributed by atoms with E-state index in [4.69, 9.17) is 10.3 Å². The number of carbonyl (C=O) groups is 2. The highest BCUT2D eigenvalue weighted by Crippen LogP contribution is 2.40. The second-order valence-corrected chi connectivity index (χ2v) is 9.18. The summed E-state index contributed by atoms with van der Waals surface area (Å²) in [6.45, 7) is 1.84. The summed E-state index contributed by atoms with van der Waals surface area (Å²) in [5, 5.41) is 10.3. The average Bonchev–Trinajstić information content (AvgIpc) is 3.46. The first kappa shape index (κ1) is 21.6. The van der Waals surface area contributed by atoms with Crippen molar-refractivity contribution >= 4 is 11.8 Å². The highest BCUT2D eigenvalue weighted by Gasteiger charge is 2.34. The predicted octanol–water partition coefficient (Wildman–Crippen LogP) is 2.92. The molecule has 4 atom stereocenters. The van der Waals surface area contributed by atoms with E-state index in [0.29, 0.717) is 18.0 Å². The van der Waals surface area contributed by atoms with Crippen molar-refractivity contribution in [3.8, 4) is 0 Å². The molecule has 0 radical (unpaired) electrons. The highest BCUT2D eigenvalue weighted by atomic mass is 16.5. The van der Waals surface area contributed by atoms with E-state index < -0.39 is 0 Å². The molecule has 2 aliphatic carbocycles. The summed E-state index contributed by atoms with van der Waals surface area (Å²) in [6, 6.07) is 12.0. The van der Waals surface area contributed by atoms with Crippen LogP contribution in [0.25, 0.3) is 0 Å². The van der Waals surface area contributed by atoms with Crippen LogP contribution in [-0.4, -0.2) is 35.1 Å². The number of carbonyl (C=O) groups excluding carboxylic acids is 2. The molecule has 2 aromatic rings. The van der Waals surface area contributed by atoms with Gasteiger partial charge in [-0.05, 0) is 56.9 Å². The zero-order valence-corrected chi connectivity index (χ0v) is 18.0. The smallest absolute Gasteiger partial charge is 0.273 e. The Bertz CT molecular complexity index is 891. The van der Waals surface area contributed by atoms with E-state index in [0.717, 1.165) is 44.3 Å². The van der Waals surface area contributed by atoms with Crippen LogP contribution < -0.4 is 16.4 Å². The summed E-state index contributed by atoms with van der Waals surface area (Å²) >= 11 is 0. The van der Waals surface area contributed by atoms with Crippen LogP contribution in [0.4, 0.5) is 0 Å². The number of benzene rings is 1. The SMILES string of the molecule is C[C@H](N)CC(=O)N[C@H]1CC[C@H](NC(=O)c2cc(C3CC3)on2)[C@H](Cc2ccccc2)C1. The second kappa shape index (κ2) is 9.64. The Labute approximate surface area is 183 Å². The lowest BCUT2D eigenvalue weighted by atomic mass is 9.78. The van der Waals surface area contributed by atoms with Gasteiger partial charge in [0.15, 0.2) is 5.69 Å². The van der Waals surface area contributed by atoms with Gasteiger partial charge in [-0.2, -0.15) is 0 Å². The number of nitrogens with one attached hydrogen (secondary N) is 2. The number of hydrogen-bond donors (Lipinski definition) is 3. The summed E-state index contributed by atoms with van der Waals surface area (Å²) in [5.74, 6) is 1.27. The van der Waals surface area contributed by atoms with E-state index in [2.05, 4.69) is 27.9 Å². The lowest BCUT2D eigenvalue weighted by Crippen LogP contribution is -2.49. The van der Waals surface area contributed by atoms with Gasteiger partial charge in [0.2, 0.25) is 5.91 Å². The van der Waals surface area contributed by atoms with Crippen LogP contribution in [0.1, 0.15) is 73.2 Å². The first-order valence-corrected chi connectivity index (χ1v) is 11.3. The van der Waals surface area contributed by atoms with Crippen molar-refractivity contribution in [3.63, 3.8) is 0 Å². The minimum absolute atomic E-state index is 0.00357. The molecule has 1 aromatic heterocycles. The molecule has 0 aliphatic heterocycles. The first-order valence-electron chi connectivity index (χ1n) is 11.3. The molecular formula is C24H32N4O3. The number of rotatable bonds is 8. The number of nitrogens with two attached hydrogens (primary N) is 1. The Morgan fingerprint density at radius 3 is 2.65 bits per heavy atom. The quantitative estimate of drug-likeness (QED) is 0.603. The summed E-state index contributed by atoms with van der Waals surface area (Å²) in [5.41, 5.74) is 7.35. The lowest BCUT2D eigenvalue weighted by molar-refractivity contribution is -0.122. The Morgan fingerprint density at radius 1 is 1.16 bits per heavy atom. The fourth-order valence-electron chi connectivity index (χ4n) is 4.51. The van der Waals surface area contributed by atoms with Crippen molar-refractivity contribution in [1.82, 2.24) is 15.8 Å². The predicted molar refractivity (Wildman–Crippen MR) is 117 cm³/mol. The highest BCUT2D eigenvalue weighted by molar-refractivity contribution is 5.92. The van der Waals surface area contributed by atoms with Crippen LogP contribution in [-0.2, 0) is 11.2 Å². The summed E-state index contributed by atoms with van der Waals surface area (Å²) in [7, 11) is 0. The molecule has 4 rings (SSSR count). The lowest BCUT2D eigenvalue weighted by Gasteiger charge is -2.37. The average molecular weight is 425 g/mol. The van der Waals surface area contributed by atoms with Crippen molar-refractivity contribution in [2.24, 2.45) is 11.7 Å². The summed E-state index contributed by atoms with van der Waals surface area (Å²) in [4.78, 5) is 25.0. The number of hydrogen-bond acceptors (Lipinski definition) is 5. The zero-order chi connectivity index (χ0) is 21.8. The third-order valence-corrected chi connectivity index (χ3v) is 6.25. The van der Waals surface area contributed by atoms with Gasteiger partial charge >= 0.3 is 0 Å². The number of nitrogens with zero attached hydrogens (tertiary/aromatic N) is 1. The van der Waals surface area contributed by atoms with Gasteiger partial charge < -0.3 is 20.9 Å². The fourth-order valence-corrected chi connectivity index (χ4v) is 4.51. The van der Waals surface area contributed by atoms with Crippen molar-refractivity contribution in [2.45, 2.75) is 75.9 Å². The third-order valence-electron chi connectivity index (χ3n) is 6.25. The fraction of sp³-hybridized carbons (Fsp3) is 0.542. The van der Waals surface area contributed by atoms with E-state index in [1.54, 1.807) is 6.07 Å². The van der Waals surface area contributed by atoms with Crippen molar-refractivity contribution in [3.05, 3.63) is 53.4 Å².